The number of fused-ring (bicyclic) bond motifs is 1. The molecule has 2 rings (SSSR count). The zero-order valence-corrected chi connectivity index (χ0v) is 10.8. The standard InChI is InChI=1S/C13H17NO2.ClH/c1-16-13(15)10-6-5-9-3-2-4-11(8-14)12(9)7-10;/h5-7,11H,2-4,8,14H2,1H3;1H. The van der Waals surface area contributed by atoms with Crippen molar-refractivity contribution in [1.82, 2.24) is 0 Å². The van der Waals surface area contributed by atoms with Crippen molar-refractivity contribution in [2.45, 2.75) is 25.2 Å². The summed E-state index contributed by atoms with van der Waals surface area (Å²) in [6.45, 7) is 0.650. The Hall–Kier alpha value is -1.06. The molecule has 1 aromatic rings. The Morgan fingerprint density at radius 1 is 1.53 bits per heavy atom. The molecule has 94 valence electrons. The summed E-state index contributed by atoms with van der Waals surface area (Å²) >= 11 is 0. The average Bonchev–Trinajstić information content (AvgIpc) is 2.36. The summed E-state index contributed by atoms with van der Waals surface area (Å²) in [7, 11) is 1.40. The average molecular weight is 256 g/mol. The highest BCUT2D eigenvalue weighted by Crippen LogP contribution is 2.31. The second-order valence-electron chi connectivity index (χ2n) is 4.23. The van der Waals surface area contributed by atoms with Crippen LogP contribution in [0.1, 0.15) is 40.2 Å². The van der Waals surface area contributed by atoms with Crippen LogP contribution in [0, 0.1) is 0 Å². The minimum absolute atomic E-state index is 0. The van der Waals surface area contributed by atoms with Crippen molar-refractivity contribution in [3.63, 3.8) is 0 Å². The number of carbonyl (C=O) groups is 1. The summed E-state index contributed by atoms with van der Waals surface area (Å²) in [6, 6.07) is 5.81. The van der Waals surface area contributed by atoms with Crippen LogP contribution in [-0.4, -0.2) is 19.6 Å². The summed E-state index contributed by atoms with van der Waals surface area (Å²) in [6.07, 6.45) is 3.40. The number of hydrogen-bond donors (Lipinski definition) is 1. The first kappa shape index (κ1) is 14.0. The zero-order chi connectivity index (χ0) is 11.5. The van der Waals surface area contributed by atoms with Gasteiger partial charge in [0.05, 0.1) is 12.7 Å². The second-order valence-corrected chi connectivity index (χ2v) is 4.23. The largest absolute Gasteiger partial charge is 0.465 e. The lowest BCUT2D eigenvalue weighted by Gasteiger charge is -2.24. The van der Waals surface area contributed by atoms with Crippen molar-refractivity contribution >= 4 is 18.4 Å². The molecule has 1 aliphatic carbocycles. The Morgan fingerprint density at radius 2 is 2.29 bits per heavy atom. The molecule has 0 aliphatic heterocycles. The monoisotopic (exact) mass is 255 g/mol. The molecule has 1 atom stereocenters. The number of rotatable bonds is 2. The second kappa shape index (κ2) is 6.03. The molecule has 4 heteroatoms. The van der Waals surface area contributed by atoms with Gasteiger partial charge in [-0.15, -0.1) is 12.4 Å². The van der Waals surface area contributed by atoms with Gasteiger partial charge in [-0.3, -0.25) is 0 Å². The molecule has 3 nitrogen and oxygen atoms in total. The molecule has 0 amide bonds. The molecule has 0 radical (unpaired) electrons. The van der Waals surface area contributed by atoms with Crippen molar-refractivity contribution < 1.29 is 9.53 Å². The quantitative estimate of drug-likeness (QED) is 0.825. The van der Waals surface area contributed by atoms with Crippen molar-refractivity contribution in [2.75, 3.05) is 13.7 Å². The lowest BCUT2D eigenvalue weighted by molar-refractivity contribution is 0.0600. The van der Waals surface area contributed by atoms with E-state index >= 15 is 0 Å². The summed E-state index contributed by atoms with van der Waals surface area (Å²) in [5, 5.41) is 0. The Morgan fingerprint density at radius 3 is 2.94 bits per heavy atom. The third-order valence-corrected chi connectivity index (χ3v) is 3.29. The van der Waals surface area contributed by atoms with Crippen molar-refractivity contribution in [3.05, 3.63) is 34.9 Å². The van der Waals surface area contributed by atoms with Crippen molar-refractivity contribution in [3.8, 4) is 0 Å². The number of nitrogens with two attached hydrogens (primary N) is 1. The first-order valence-electron chi connectivity index (χ1n) is 5.67. The first-order valence-corrected chi connectivity index (χ1v) is 5.67. The van der Waals surface area contributed by atoms with Crippen LogP contribution in [0.15, 0.2) is 18.2 Å². The summed E-state index contributed by atoms with van der Waals surface area (Å²) in [4.78, 5) is 11.4. The molecule has 17 heavy (non-hydrogen) atoms. The molecule has 0 saturated heterocycles. The lowest BCUT2D eigenvalue weighted by atomic mass is 9.82. The Bertz CT molecular complexity index is 406. The van der Waals surface area contributed by atoms with Gasteiger partial charge in [0.2, 0.25) is 0 Å². The van der Waals surface area contributed by atoms with Crippen molar-refractivity contribution in [1.29, 1.82) is 0 Å². The van der Waals surface area contributed by atoms with Gasteiger partial charge in [-0.2, -0.15) is 0 Å². The fourth-order valence-electron chi connectivity index (χ4n) is 2.39. The van der Waals surface area contributed by atoms with Crippen LogP contribution in [-0.2, 0) is 11.2 Å². The van der Waals surface area contributed by atoms with Gasteiger partial charge in [0.15, 0.2) is 0 Å². The van der Waals surface area contributed by atoms with Crippen LogP contribution >= 0.6 is 12.4 Å². The van der Waals surface area contributed by atoms with Crippen LogP contribution in [0.3, 0.4) is 0 Å². The first-order chi connectivity index (χ1) is 7.76. The molecule has 0 heterocycles. The van der Waals surface area contributed by atoms with Gasteiger partial charge >= 0.3 is 5.97 Å². The highest BCUT2D eigenvalue weighted by molar-refractivity contribution is 5.89. The van der Waals surface area contributed by atoms with Gasteiger partial charge < -0.3 is 10.5 Å². The molecule has 1 aromatic carbocycles. The van der Waals surface area contributed by atoms with Gasteiger partial charge in [0.25, 0.3) is 0 Å². The van der Waals surface area contributed by atoms with Crippen LogP contribution < -0.4 is 5.73 Å². The van der Waals surface area contributed by atoms with Gasteiger partial charge in [-0.1, -0.05) is 6.07 Å². The minimum atomic E-state index is -0.274. The summed E-state index contributed by atoms with van der Waals surface area (Å²) in [5.74, 6) is 0.123. The number of hydrogen-bond acceptors (Lipinski definition) is 3. The number of halogens is 1. The minimum Gasteiger partial charge on any atom is -0.465 e. The topological polar surface area (TPSA) is 52.3 Å². The fourth-order valence-corrected chi connectivity index (χ4v) is 2.39. The Labute approximate surface area is 108 Å². The number of methoxy groups -OCH3 is 1. The van der Waals surface area contributed by atoms with E-state index in [0.29, 0.717) is 18.0 Å². The number of ether oxygens (including phenoxy) is 1. The molecular formula is C13H18ClNO2. The normalized spacial score (nSPS) is 17.9. The molecule has 0 spiro atoms. The zero-order valence-electron chi connectivity index (χ0n) is 9.94. The molecule has 0 saturated carbocycles. The molecule has 1 unspecified atom stereocenters. The van der Waals surface area contributed by atoms with E-state index in [1.807, 2.05) is 18.2 Å². The van der Waals surface area contributed by atoms with Gasteiger partial charge in [0.1, 0.15) is 0 Å². The molecule has 0 bridgehead atoms. The van der Waals surface area contributed by atoms with E-state index in [1.165, 1.54) is 24.7 Å². The van der Waals surface area contributed by atoms with E-state index in [0.717, 1.165) is 12.8 Å². The van der Waals surface area contributed by atoms with Gasteiger partial charge in [0, 0.05) is 0 Å². The Kier molecular flexibility index (Phi) is 4.97. The van der Waals surface area contributed by atoms with Crippen LogP contribution in [0.4, 0.5) is 0 Å². The molecular weight excluding hydrogens is 238 g/mol. The summed E-state index contributed by atoms with van der Waals surface area (Å²) < 4.78 is 4.73. The highest BCUT2D eigenvalue weighted by atomic mass is 35.5. The van der Waals surface area contributed by atoms with E-state index in [4.69, 9.17) is 10.5 Å². The third-order valence-electron chi connectivity index (χ3n) is 3.29. The maximum absolute atomic E-state index is 11.4. The van der Waals surface area contributed by atoms with Crippen molar-refractivity contribution in [2.24, 2.45) is 5.73 Å². The number of esters is 1. The van der Waals surface area contributed by atoms with E-state index in [9.17, 15) is 4.79 Å². The SMILES string of the molecule is COC(=O)c1ccc2c(c1)C(CN)CCC2.Cl. The van der Waals surface area contributed by atoms with Crippen LogP contribution in [0.5, 0.6) is 0 Å². The van der Waals surface area contributed by atoms with Crippen LogP contribution in [0.25, 0.3) is 0 Å². The van der Waals surface area contributed by atoms with Gasteiger partial charge in [-0.25, -0.2) is 4.79 Å². The third kappa shape index (κ3) is 2.79. The predicted octanol–water partition coefficient (Wildman–Crippen LogP) is 2.27. The highest BCUT2D eigenvalue weighted by Gasteiger charge is 2.20. The summed E-state index contributed by atoms with van der Waals surface area (Å²) in [5.41, 5.74) is 8.95. The van der Waals surface area contributed by atoms with E-state index < -0.39 is 0 Å². The molecule has 0 aromatic heterocycles. The maximum Gasteiger partial charge on any atom is 0.337 e. The number of benzene rings is 1. The number of aryl methyl sites for hydroxylation is 1. The van der Waals surface area contributed by atoms with Gasteiger partial charge in [-0.05, 0) is 55.0 Å². The molecule has 2 N–H and O–H groups in total. The smallest absolute Gasteiger partial charge is 0.337 e. The number of carbonyl (C=O) groups excluding carboxylic acids is 1. The lowest BCUT2D eigenvalue weighted by Crippen LogP contribution is -2.19. The van der Waals surface area contributed by atoms with E-state index in [-0.39, 0.29) is 18.4 Å². The van der Waals surface area contributed by atoms with Crippen LogP contribution in [0.2, 0.25) is 0 Å². The fraction of sp³-hybridized carbons (Fsp3) is 0.462. The predicted molar refractivity (Wildman–Crippen MR) is 69.8 cm³/mol. The molecule has 0 fully saturated rings. The molecule has 1 aliphatic rings. The Balaban J connectivity index is 0.00000144. The maximum atomic E-state index is 11.4. The van der Waals surface area contributed by atoms with E-state index in [2.05, 4.69) is 0 Å². The van der Waals surface area contributed by atoms with E-state index in [1.54, 1.807) is 0 Å².